The lowest BCUT2D eigenvalue weighted by molar-refractivity contribution is 0.477. The molecule has 4 heteroatoms. The van der Waals surface area contributed by atoms with Crippen molar-refractivity contribution < 1.29 is 5.11 Å². The highest BCUT2D eigenvalue weighted by atomic mass is 16.3. The molecule has 0 fully saturated rings. The van der Waals surface area contributed by atoms with Gasteiger partial charge in [0, 0.05) is 17.3 Å². The average molecular weight is 614 g/mol. The molecule has 0 radical (unpaired) electrons. The van der Waals surface area contributed by atoms with Gasteiger partial charge in [-0.3, -0.25) is 9.55 Å². The highest BCUT2D eigenvalue weighted by molar-refractivity contribution is 5.97. The maximum absolute atomic E-state index is 11.4. The lowest BCUT2D eigenvalue weighted by atomic mass is 9.83. The first kappa shape index (κ1) is 30.2. The minimum absolute atomic E-state index is 0.0717. The van der Waals surface area contributed by atoms with Crippen LogP contribution in [0.4, 0.5) is 0 Å². The number of pyridine rings is 1. The molecule has 0 aliphatic heterocycles. The molecule has 0 aliphatic rings. The van der Waals surface area contributed by atoms with Gasteiger partial charge >= 0.3 is 0 Å². The third kappa shape index (κ3) is 5.61. The molecular formula is C43H39N3O. The van der Waals surface area contributed by atoms with Crippen molar-refractivity contribution >= 4 is 11.0 Å². The Morgan fingerprint density at radius 1 is 0.617 bits per heavy atom. The van der Waals surface area contributed by atoms with Crippen LogP contribution < -0.4 is 0 Å². The number of fused-ring (bicyclic) bond motifs is 1. The summed E-state index contributed by atoms with van der Waals surface area (Å²) in [6.07, 6.45) is 1.84. The lowest BCUT2D eigenvalue weighted by Crippen LogP contribution is -2.11. The number of benzene rings is 5. The first-order chi connectivity index (χ1) is 22.6. The van der Waals surface area contributed by atoms with Gasteiger partial charge in [0.05, 0.1) is 28.0 Å². The van der Waals surface area contributed by atoms with E-state index in [0.717, 1.165) is 61.4 Å². The standard InChI is InChI=1S/C43H39N3O/c1-27-21-28(2)41(29(3)22-27)46-38-17-12-15-35(32-23-33(37-16-10-11-20-44-37)25-34(24-32)43(4,5)6)40(38)45-42(46)36-26-31(18-19-39(36)47)30-13-8-7-9-14-30/h7-26,47H,1-6H3. The molecule has 0 aliphatic carbocycles. The maximum atomic E-state index is 11.4. The summed E-state index contributed by atoms with van der Waals surface area (Å²) in [5, 5.41) is 11.4. The first-order valence-electron chi connectivity index (χ1n) is 16.1. The highest BCUT2D eigenvalue weighted by Gasteiger charge is 2.24. The van der Waals surface area contributed by atoms with Gasteiger partial charge < -0.3 is 5.11 Å². The number of phenols is 1. The number of hydrogen-bond acceptors (Lipinski definition) is 3. The molecular weight excluding hydrogens is 574 g/mol. The topological polar surface area (TPSA) is 50.9 Å². The van der Waals surface area contributed by atoms with Crippen LogP contribution in [-0.4, -0.2) is 19.6 Å². The van der Waals surface area contributed by atoms with Crippen molar-refractivity contribution in [3.05, 3.63) is 144 Å². The summed E-state index contributed by atoms with van der Waals surface area (Å²) in [6, 6.07) is 39.7. The van der Waals surface area contributed by atoms with Crippen molar-refractivity contribution in [3.8, 4) is 56.3 Å². The zero-order chi connectivity index (χ0) is 32.9. The van der Waals surface area contributed by atoms with Gasteiger partial charge in [0.15, 0.2) is 0 Å². The van der Waals surface area contributed by atoms with E-state index in [2.05, 4.69) is 124 Å². The largest absolute Gasteiger partial charge is 0.507 e. The fraction of sp³-hybridized carbons (Fsp3) is 0.163. The summed E-state index contributed by atoms with van der Waals surface area (Å²) in [5.74, 6) is 0.895. The van der Waals surface area contributed by atoms with E-state index in [-0.39, 0.29) is 11.2 Å². The number of rotatable bonds is 5. The van der Waals surface area contributed by atoms with E-state index in [9.17, 15) is 5.11 Å². The maximum Gasteiger partial charge on any atom is 0.149 e. The molecule has 0 amide bonds. The van der Waals surface area contributed by atoms with E-state index in [1.165, 1.54) is 11.1 Å². The van der Waals surface area contributed by atoms with E-state index in [1.54, 1.807) is 6.07 Å². The minimum Gasteiger partial charge on any atom is -0.507 e. The lowest BCUT2D eigenvalue weighted by Gasteiger charge is -2.21. The van der Waals surface area contributed by atoms with Gasteiger partial charge in [-0.1, -0.05) is 99.1 Å². The Hall–Kier alpha value is -5.48. The molecule has 0 unspecified atom stereocenters. The molecule has 0 saturated carbocycles. The van der Waals surface area contributed by atoms with Crippen LogP contribution in [0.1, 0.15) is 43.0 Å². The molecule has 0 spiro atoms. The SMILES string of the molecule is Cc1cc(C)c(-n2c(-c3cc(-c4ccccc4)ccc3O)nc3c(-c4cc(-c5ccccn5)cc(C(C)(C)C)c4)cccc32)c(C)c1. The van der Waals surface area contributed by atoms with Crippen LogP contribution in [0, 0.1) is 20.8 Å². The van der Waals surface area contributed by atoms with E-state index >= 15 is 0 Å². The van der Waals surface area contributed by atoms with Crippen molar-refractivity contribution in [1.29, 1.82) is 0 Å². The van der Waals surface area contributed by atoms with Crippen LogP contribution in [0.25, 0.3) is 61.6 Å². The Balaban J connectivity index is 1.55. The van der Waals surface area contributed by atoms with Crippen LogP contribution in [0.3, 0.4) is 0 Å². The molecule has 7 aromatic rings. The fourth-order valence-corrected chi connectivity index (χ4v) is 6.69. The van der Waals surface area contributed by atoms with Gasteiger partial charge in [-0.05, 0) is 102 Å². The molecule has 0 atom stereocenters. The Bertz CT molecular complexity index is 2230. The minimum atomic E-state index is -0.0717. The summed E-state index contributed by atoms with van der Waals surface area (Å²) in [6.45, 7) is 13.2. The number of aryl methyl sites for hydroxylation is 3. The highest BCUT2D eigenvalue weighted by Crippen LogP contribution is 2.41. The van der Waals surface area contributed by atoms with Gasteiger partial charge in [-0.15, -0.1) is 0 Å². The molecule has 4 nitrogen and oxygen atoms in total. The van der Waals surface area contributed by atoms with E-state index < -0.39 is 0 Å². The smallest absolute Gasteiger partial charge is 0.149 e. The third-order valence-corrected chi connectivity index (χ3v) is 8.96. The number of imidazole rings is 1. The van der Waals surface area contributed by atoms with Crippen molar-refractivity contribution in [2.24, 2.45) is 0 Å². The van der Waals surface area contributed by atoms with E-state index in [1.807, 2.05) is 42.6 Å². The van der Waals surface area contributed by atoms with E-state index in [4.69, 9.17) is 4.98 Å². The molecule has 47 heavy (non-hydrogen) atoms. The summed E-state index contributed by atoms with van der Waals surface area (Å²) in [5.41, 5.74) is 14.5. The van der Waals surface area contributed by atoms with Gasteiger partial charge in [-0.2, -0.15) is 0 Å². The molecule has 0 bridgehead atoms. The van der Waals surface area contributed by atoms with Crippen molar-refractivity contribution in [2.75, 3.05) is 0 Å². The van der Waals surface area contributed by atoms with E-state index in [0.29, 0.717) is 11.4 Å². The Labute approximate surface area is 277 Å². The van der Waals surface area contributed by atoms with Crippen molar-refractivity contribution in [2.45, 2.75) is 47.0 Å². The van der Waals surface area contributed by atoms with Gasteiger partial charge in [0.25, 0.3) is 0 Å². The normalized spacial score (nSPS) is 11.7. The number of phenolic OH excluding ortho intramolecular Hbond substituents is 1. The average Bonchev–Trinajstić information content (AvgIpc) is 3.44. The van der Waals surface area contributed by atoms with Gasteiger partial charge in [-0.25, -0.2) is 4.98 Å². The van der Waals surface area contributed by atoms with Crippen molar-refractivity contribution in [1.82, 2.24) is 14.5 Å². The predicted molar refractivity (Wildman–Crippen MR) is 195 cm³/mol. The van der Waals surface area contributed by atoms with Crippen LogP contribution in [0.5, 0.6) is 5.75 Å². The van der Waals surface area contributed by atoms with Crippen molar-refractivity contribution in [3.63, 3.8) is 0 Å². The fourth-order valence-electron chi connectivity index (χ4n) is 6.69. The number of hydrogen-bond donors (Lipinski definition) is 1. The quantitative estimate of drug-likeness (QED) is 0.210. The predicted octanol–water partition coefficient (Wildman–Crippen LogP) is 11.0. The van der Waals surface area contributed by atoms with Crippen LogP contribution in [0.2, 0.25) is 0 Å². The molecule has 0 saturated heterocycles. The third-order valence-electron chi connectivity index (χ3n) is 8.96. The second-order valence-electron chi connectivity index (χ2n) is 13.6. The summed E-state index contributed by atoms with van der Waals surface area (Å²) in [4.78, 5) is 10.1. The first-order valence-corrected chi connectivity index (χ1v) is 16.1. The monoisotopic (exact) mass is 613 g/mol. The Morgan fingerprint density at radius 3 is 2.04 bits per heavy atom. The molecule has 232 valence electrons. The molecule has 2 heterocycles. The molecule has 1 N–H and O–H groups in total. The number of aromatic hydroxyl groups is 1. The van der Waals surface area contributed by atoms with Gasteiger partial charge in [0.1, 0.15) is 11.6 Å². The summed E-state index contributed by atoms with van der Waals surface area (Å²) >= 11 is 0. The zero-order valence-electron chi connectivity index (χ0n) is 27.8. The number of aromatic nitrogens is 3. The van der Waals surface area contributed by atoms with Crippen LogP contribution in [-0.2, 0) is 5.41 Å². The molecule has 7 rings (SSSR count). The number of nitrogens with zero attached hydrogens (tertiary/aromatic N) is 3. The Kier molecular flexibility index (Phi) is 7.52. The van der Waals surface area contributed by atoms with Crippen LogP contribution >= 0.6 is 0 Å². The summed E-state index contributed by atoms with van der Waals surface area (Å²) < 4.78 is 2.24. The van der Waals surface area contributed by atoms with Gasteiger partial charge in [0.2, 0.25) is 0 Å². The zero-order valence-corrected chi connectivity index (χ0v) is 27.8. The Morgan fingerprint density at radius 2 is 1.34 bits per heavy atom. The summed E-state index contributed by atoms with van der Waals surface area (Å²) in [7, 11) is 0. The number of para-hydroxylation sites is 1. The molecule has 2 aromatic heterocycles. The van der Waals surface area contributed by atoms with Crippen LogP contribution in [0.15, 0.2) is 121 Å². The second kappa shape index (κ2) is 11.7. The second-order valence-corrected chi connectivity index (χ2v) is 13.6. The molecule has 5 aromatic carbocycles.